The Morgan fingerprint density at radius 2 is 1.86 bits per heavy atom. The maximum Gasteiger partial charge on any atom is 0.335 e. The van der Waals surface area contributed by atoms with Crippen LogP contribution < -0.4 is 0 Å². The number of aliphatic hydroxyl groups is 1. The summed E-state index contributed by atoms with van der Waals surface area (Å²) in [4.78, 5) is 12.0. The van der Waals surface area contributed by atoms with Crippen LogP contribution in [0.3, 0.4) is 0 Å². The lowest BCUT2D eigenvalue weighted by Crippen LogP contribution is -2.24. The summed E-state index contributed by atoms with van der Waals surface area (Å²) in [5.74, 6) is -0.469. The van der Waals surface area contributed by atoms with Crippen LogP contribution in [0.5, 0.6) is 0 Å². The van der Waals surface area contributed by atoms with Gasteiger partial charge in [-0.25, -0.2) is 4.79 Å². The minimum Gasteiger partial charge on any atom is -0.478 e. The maximum absolute atomic E-state index is 11.1. The van der Waals surface area contributed by atoms with Gasteiger partial charge in [-0.2, -0.15) is 0 Å². The number of aromatic carboxylic acids is 1. The highest BCUT2D eigenvalue weighted by Gasteiger charge is 2.23. The fourth-order valence-corrected chi connectivity index (χ4v) is 3.01. The first-order valence-corrected chi connectivity index (χ1v) is 7.63. The molecule has 1 unspecified atom stereocenters. The van der Waals surface area contributed by atoms with Crippen molar-refractivity contribution < 1.29 is 15.0 Å². The number of thioether (sulfide) groups is 1. The van der Waals surface area contributed by atoms with Crippen molar-refractivity contribution in [3.8, 4) is 0 Å². The van der Waals surface area contributed by atoms with Crippen LogP contribution in [0, 0.1) is 6.92 Å². The second-order valence-electron chi connectivity index (χ2n) is 5.21. The summed E-state index contributed by atoms with van der Waals surface area (Å²) in [6, 6.07) is 14.8. The third kappa shape index (κ3) is 3.86. The molecular formula is C17H18O3S. The van der Waals surface area contributed by atoms with Gasteiger partial charge in [-0.15, -0.1) is 11.8 Å². The molecule has 0 bridgehead atoms. The topological polar surface area (TPSA) is 57.5 Å². The summed E-state index contributed by atoms with van der Waals surface area (Å²) in [5, 5.41) is 19.7. The molecule has 4 heteroatoms. The van der Waals surface area contributed by atoms with Gasteiger partial charge in [0.2, 0.25) is 0 Å². The van der Waals surface area contributed by atoms with Gasteiger partial charge in [0.25, 0.3) is 0 Å². The van der Waals surface area contributed by atoms with Crippen molar-refractivity contribution in [2.45, 2.75) is 24.3 Å². The largest absolute Gasteiger partial charge is 0.478 e. The van der Waals surface area contributed by atoms with Gasteiger partial charge in [-0.1, -0.05) is 36.4 Å². The molecule has 1 atom stereocenters. The zero-order chi connectivity index (χ0) is 15.5. The first kappa shape index (κ1) is 15.6. The Bertz CT molecular complexity index is 636. The molecule has 0 aliphatic heterocycles. The lowest BCUT2D eigenvalue weighted by Gasteiger charge is -2.23. The van der Waals surface area contributed by atoms with Gasteiger partial charge < -0.3 is 10.2 Å². The molecule has 110 valence electrons. The normalized spacial score (nSPS) is 13.7. The highest BCUT2D eigenvalue weighted by Crippen LogP contribution is 2.30. The molecule has 3 nitrogen and oxygen atoms in total. The maximum atomic E-state index is 11.1. The summed E-state index contributed by atoms with van der Waals surface area (Å²) >= 11 is 1.45. The number of benzene rings is 2. The highest BCUT2D eigenvalue weighted by molar-refractivity contribution is 7.99. The van der Waals surface area contributed by atoms with Crippen molar-refractivity contribution in [2.24, 2.45) is 0 Å². The molecule has 21 heavy (non-hydrogen) atoms. The molecule has 0 aliphatic rings. The molecule has 0 radical (unpaired) electrons. The third-order valence-electron chi connectivity index (χ3n) is 3.36. The second-order valence-corrected chi connectivity index (χ2v) is 6.26. The highest BCUT2D eigenvalue weighted by atomic mass is 32.2. The molecule has 0 fully saturated rings. The third-order valence-corrected chi connectivity index (χ3v) is 4.65. The van der Waals surface area contributed by atoms with E-state index in [1.807, 2.05) is 36.4 Å². The number of aryl methyl sites for hydroxylation is 1. The van der Waals surface area contributed by atoms with Crippen LogP contribution in [-0.2, 0) is 5.60 Å². The minimum absolute atomic E-state index is 0.305. The van der Waals surface area contributed by atoms with Crippen LogP contribution >= 0.6 is 11.8 Å². The summed E-state index contributed by atoms with van der Waals surface area (Å²) in [6.07, 6.45) is 0. The molecule has 2 aromatic carbocycles. The summed E-state index contributed by atoms with van der Waals surface area (Å²) in [6.45, 7) is 3.54. The van der Waals surface area contributed by atoms with Gasteiger partial charge in [-0.05, 0) is 37.1 Å². The molecule has 2 aromatic rings. The lowest BCUT2D eigenvalue weighted by molar-refractivity contribution is 0.0695. The molecule has 2 rings (SSSR count). The standard InChI is InChI=1S/C17H18O3S/c1-12-8-9-14(10-15(12)16(18)19)21-11-17(2,20)13-6-4-3-5-7-13/h3-10,20H,11H2,1-2H3,(H,18,19). The van der Waals surface area contributed by atoms with E-state index in [4.69, 9.17) is 5.11 Å². The lowest BCUT2D eigenvalue weighted by atomic mass is 9.99. The number of carboxylic acids is 1. The van der Waals surface area contributed by atoms with Crippen LogP contribution in [0.25, 0.3) is 0 Å². The zero-order valence-corrected chi connectivity index (χ0v) is 12.9. The average molecular weight is 302 g/mol. The summed E-state index contributed by atoms with van der Waals surface area (Å²) in [7, 11) is 0. The molecule has 0 amide bonds. The van der Waals surface area contributed by atoms with Crippen LogP contribution in [0.2, 0.25) is 0 Å². The fourth-order valence-electron chi connectivity index (χ4n) is 2.03. The number of hydrogen-bond donors (Lipinski definition) is 2. The Balaban J connectivity index is 2.13. The Morgan fingerprint density at radius 1 is 1.19 bits per heavy atom. The van der Waals surface area contributed by atoms with Gasteiger partial charge in [0.1, 0.15) is 0 Å². The summed E-state index contributed by atoms with van der Waals surface area (Å²) < 4.78 is 0. The first-order valence-electron chi connectivity index (χ1n) is 6.65. The van der Waals surface area contributed by atoms with Gasteiger partial charge in [-0.3, -0.25) is 0 Å². The van der Waals surface area contributed by atoms with E-state index in [0.29, 0.717) is 11.3 Å². The van der Waals surface area contributed by atoms with E-state index >= 15 is 0 Å². The van der Waals surface area contributed by atoms with E-state index < -0.39 is 11.6 Å². The van der Waals surface area contributed by atoms with Crippen molar-refractivity contribution in [3.05, 3.63) is 65.2 Å². The van der Waals surface area contributed by atoms with E-state index in [2.05, 4.69) is 0 Å². The van der Waals surface area contributed by atoms with Crippen molar-refractivity contribution in [1.29, 1.82) is 0 Å². The van der Waals surface area contributed by atoms with E-state index in [-0.39, 0.29) is 0 Å². The Morgan fingerprint density at radius 3 is 2.48 bits per heavy atom. The summed E-state index contributed by atoms with van der Waals surface area (Å²) in [5.41, 5.74) is 0.935. The quantitative estimate of drug-likeness (QED) is 0.827. The molecule has 0 aromatic heterocycles. The predicted octanol–water partition coefficient (Wildman–Crippen LogP) is 3.69. The SMILES string of the molecule is Cc1ccc(SCC(C)(O)c2ccccc2)cc1C(=O)O. The van der Waals surface area contributed by atoms with Gasteiger partial charge in [0.15, 0.2) is 0 Å². The minimum atomic E-state index is -0.958. The van der Waals surface area contributed by atoms with E-state index in [1.54, 1.807) is 26.0 Å². The zero-order valence-electron chi connectivity index (χ0n) is 12.0. The van der Waals surface area contributed by atoms with Crippen molar-refractivity contribution in [3.63, 3.8) is 0 Å². The van der Waals surface area contributed by atoms with E-state index in [1.165, 1.54) is 11.8 Å². The number of hydrogen-bond acceptors (Lipinski definition) is 3. The molecular weight excluding hydrogens is 284 g/mol. The van der Waals surface area contributed by atoms with E-state index in [0.717, 1.165) is 16.0 Å². The van der Waals surface area contributed by atoms with E-state index in [9.17, 15) is 9.90 Å². The monoisotopic (exact) mass is 302 g/mol. The van der Waals surface area contributed by atoms with Gasteiger partial charge in [0.05, 0.1) is 11.2 Å². The van der Waals surface area contributed by atoms with Crippen LogP contribution in [0.15, 0.2) is 53.4 Å². The predicted molar refractivity (Wildman–Crippen MR) is 84.9 cm³/mol. The number of carboxylic acid groups (broad SMARTS) is 1. The van der Waals surface area contributed by atoms with Gasteiger partial charge >= 0.3 is 5.97 Å². The Kier molecular flexibility index (Phi) is 4.70. The fraction of sp³-hybridized carbons (Fsp3) is 0.235. The van der Waals surface area contributed by atoms with Crippen LogP contribution in [0.1, 0.15) is 28.4 Å². The van der Waals surface area contributed by atoms with Crippen molar-refractivity contribution >= 4 is 17.7 Å². The van der Waals surface area contributed by atoms with Crippen molar-refractivity contribution in [2.75, 3.05) is 5.75 Å². The van der Waals surface area contributed by atoms with Crippen LogP contribution in [-0.4, -0.2) is 21.9 Å². The first-order chi connectivity index (χ1) is 9.90. The number of carbonyl (C=O) groups is 1. The molecule has 0 spiro atoms. The molecule has 0 saturated heterocycles. The molecule has 0 aliphatic carbocycles. The molecule has 2 N–H and O–H groups in total. The Hall–Kier alpha value is -1.78. The average Bonchev–Trinajstić information content (AvgIpc) is 2.47. The second kappa shape index (κ2) is 6.33. The molecule has 0 heterocycles. The number of rotatable bonds is 5. The Labute approximate surface area is 128 Å². The van der Waals surface area contributed by atoms with Crippen molar-refractivity contribution in [1.82, 2.24) is 0 Å². The smallest absolute Gasteiger partial charge is 0.335 e. The van der Waals surface area contributed by atoms with Gasteiger partial charge in [0, 0.05) is 10.6 Å². The molecule has 0 saturated carbocycles. The van der Waals surface area contributed by atoms with Crippen LogP contribution in [0.4, 0.5) is 0 Å².